The third kappa shape index (κ3) is 4.63. The smallest absolute Gasteiger partial charge is 0.265 e. The molecule has 0 bridgehead atoms. The minimum absolute atomic E-state index is 0. The molecule has 8 heteroatoms. The molecule has 0 aromatic heterocycles. The Bertz CT molecular complexity index is 870. The van der Waals surface area contributed by atoms with Crippen LogP contribution in [0, 0.1) is 0 Å². The van der Waals surface area contributed by atoms with Crippen molar-refractivity contribution in [1.29, 1.82) is 0 Å². The first kappa shape index (κ1) is 25.1. The van der Waals surface area contributed by atoms with Gasteiger partial charge in [0.2, 0.25) is 0 Å². The summed E-state index contributed by atoms with van der Waals surface area (Å²) >= 11 is 0. The summed E-state index contributed by atoms with van der Waals surface area (Å²) in [5, 5.41) is 9.70. The SMILES string of the molecule is CC.CN1C(=O)c2c3c(c4ccccc4c2C1=O)N(C)CCO3.COCCO.[W]. The van der Waals surface area contributed by atoms with Crippen molar-refractivity contribution in [2.75, 3.05) is 52.5 Å². The number of imide groups is 1. The van der Waals surface area contributed by atoms with E-state index in [2.05, 4.69) is 9.64 Å². The van der Waals surface area contributed by atoms with Crippen LogP contribution in [0.4, 0.5) is 5.69 Å². The summed E-state index contributed by atoms with van der Waals surface area (Å²) < 4.78 is 10.2. The van der Waals surface area contributed by atoms with Crippen molar-refractivity contribution in [3.8, 4) is 5.75 Å². The standard InChI is InChI=1S/C16H14N2O3.C3H8O2.C2H6.W/c1-17-7-8-21-14-12-11(15(19)18(2)16(12)20)9-5-3-4-6-10(9)13(14)17;1-5-3-2-4;1-2;/h3-6H,7-8H2,1-2H3;4H,2-3H2,1H3;1-2H3;. The summed E-state index contributed by atoms with van der Waals surface area (Å²) in [7, 11) is 5.04. The number of ether oxygens (including phenoxy) is 2. The molecule has 2 aliphatic heterocycles. The van der Waals surface area contributed by atoms with Gasteiger partial charge in [-0.1, -0.05) is 38.1 Å². The number of nitrogens with zero attached hydrogens (tertiary/aromatic N) is 2. The Hall–Kier alpha value is -1.95. The molecule has 2 amide bonds. The van der Waals surface area contributed by atoms with Crippen LogP contribution >= 0.6 is 0 Å². The number of benzene rings is 2. The van der Waals surface area contributed by atoms with Crippen molar-refractivity contribution < 1.29 is 45.2 Å². The Morgan fingerprint density at radius 3 is 2.21 bits per heavy atom. The predicted molar refractivity (Wildman–Crippen MR) is 109 cm³/mol. The Morgan fingerprint density at radius 2 is 1.66 bits per heavy atom. The van der Waals surface area contributed by atoms with E-state index in [9.17, 15) is 9.59 Å². The maximum Gasteiger partial charge on any atom is 0.265 e. The van der Waals surface area contributed by atoms with Gasteiger partial charge in [-0.2, -0.15) is 0 Å². The van der Waals surface area contributed by atoms with Crippen LogP contribution in [0.5, 0.6) is 5.75 Å². The molecule has 7 nitrogen and oxygen atoms in total. The number of aliphatic hydroxyl groups is 1. The van der Waals surface area contributed by atoms with Crippen LogP contribution in [-0.2, 0) is 25.8 Å². The maximum absolute atomic E-state index is 12.4. The number of amides is 2. The van der Waals surface area contributed by atoms with E-state index in [1.165, 1.54) is 7.05 Å². The Kier molecular flexibility index (Phi) is 9.77. The van der Waals surface area contributed by atoms with Crippen molar-refractivity contribution >= 4 is 28.3 Å². The van der Waals surface area contributed by atoms with Gasteiger partial charge < -0.3 is 19.5 Å². The second kappa shape index (κ2) is 11.3. The van der Waals surface area contributed by atoms with Crippen LogP contribution < -0.4 is 9.64 Å². The molecule has 2 aromatic carbocycles. The second-order valence-corrected chi connectivity index (χ2v) is 6.13. The fourth-order valence-corrected chi connectivity index (χ4v) is 3.26. The molecule has 0 saturated carbocycles. The van der Waals surface area contributed by atoms with Gasteiger partial charge in [-0.05, 0) is 5.39 Å². The number of likely N-dealkylation sites (N-methyl/N-ethyl adjacent to an activating group) is 1. The summed E-state index contributed by atoms with van der Waals surface area (Å²) in [6, 6.07) is 7.67. The molecule has 0 atom stereocenters. The van der Waals surface area contributed by atoms with Crippen LogP contribution in [0.25, 0.3) is 10.8 Å². The molecule has 0 radical (unpaired) electrons. The van der Waals surface area contributed by atoms with E-state index in [-0.39, 0.29) is 39.5 Å². The first-order valence-electron chi connectivity index (χ1n) is 9.37. The van der Waals surface area contributed by atoms with Crippen molar-refractivity contribution in [3.05, 3.63) is 35.4 Å². The predicted octanol–water partition coefficient (Wildman–Crippen LogP) is 2.54. The van der Waals surface area contributed by atoms with Crippen molar-refractivity contribution in [2.24, 2.45) is 0 Å². The number of carbonyl (C=O) groups excluding carboxylic acids is 2. The molecule has 0 unspecified atom stereocenters. The summed E-state index contributed by atoms with van der Waals surface area (Å²) in [6.45, 7) is 5.84. The summed E-state index contributed by atoms with van der Waals surface area (Å²) in [6.07, 6.45) is 0. The number of aliphatic hydroxyl groups excluding tert-OH is 1. The van der Waals surface area contributed by atoms with Gasteiger partial charge in [0, 0.05) is 47.7 Å². The van der Waals surface area contributed by atoms with E-state index >= 15 is 0 Å². The van der Waals surface area contributed by atoms with E-state index in [0.717, 1.165) is 27.9 Å². The average molecular weight is 572 g/mol. The number of fused-ring (bicyclic) bond motifs is 6. The van der Waals surface area contributed by atoms with Crippen LogP contribution in [0.2, 0.25) is 0 Å². The Morgan fingerprint density at radius 1 is 1.07 bits per heavy atom. The second-order valence-electron chi connectivity index (χ2n) is 6.13. The summed E-state index contributed by atoms with van der Waals surface area (Å²) in [4.78, 5) is 28.1. The van der Waals surface area contributed by atoms with Gasteiger partial charge in [-0.3, -0.25) is 14.5 Å². The molecule has 0 saturated heterocycles. The van der Waals surface area contributed by atoms with E-state index in [4.69, 9.17) is 9.84 Å². The topological polar surface area (TPSA) is 79.3 Å². The third-order valence-electron chi connectivity index (χ3n) is 4.53. The normalized spacial score (nSPS) is 14.0. The van der Waals surface area contributed by atoms with Gasteiger partial charge in [-0.25, -0.2) is 0 Å². The molecule has 0 fully saturated rings. The number of rotatable bonds is 2. The van der Waals surface area contributed by atoms with Crippen LogP contribution in [0.15, 0.2) is 24.3 Å². The molecular weight excluding hydrogens is 544 g/mol. The van der Waals surface area contributed by atoms with Gasteiger partial charge in [0.1, 0.15) is 6.61 Å². The van der Waals surface area contributed by atoms with E-state index in [1.54, 1.807) is 7.11 Å². The van der Waals surface area contributed by atoms with Crippen LogP contribution in [0.1, 0.15) is 34.6 Å². The van der Waals surface area contributed by atoms with Crippen molar-refractivity contribution in [1.82, 2.24) is 4.90 Å². The largest absolute Gasteiger partial charge is 0.489 e. The zero-order valence-corrected chi connectivity index (χ0v) is 20.5. The fourth-order valence-electron chi connectivity index (χ4n) is 3.26. The molecular formula is C21H28N2O5W. The van der Waals surface area contributed by atoms with E-state index in [1.807, 2.05) is 45.2 Å². The summed E-state index contributed by atoms with van der Waals surface area (Å²) in [5.74, 6) is -0.00159. The molecule has 2 heterocycles. The molecule has 4 rings (SSSR count). The molecule has 1 N–H and O–H groups in total. The summed E-state index contributed by atoms with van der Waals surface area (Å²) in [5.41, 5.74) is 1.77. The zero-order valence-electron chi connectivity index (χ0n) is 17.5. The van der Waals surface area contributed by atoms with Gasteiger partial charge in [0.25, 0.3) is 11.8 Å². The van der Waals surface area contributed by atoms with Crippen LogP contribution in [-0.4, -0.2) is 69.4 Å². The first-order chi connectivity index (χ1) is 13.5. The van der Waals surface area contributed by atoms with E-state index < -0.39 is 0 Å². The first-order valence-corrected chi connectivity index (χ1v) is 9.37. The number of anilines is 1. The molecule has 2 aliphatic rings. The minimum Gasteiger partial charge on any atom is -0.489 e. The van der Waals surface area contributed by atoms with Gasteiger partial charge in [0.15, 0.2) is 5.75 Å². The number of hydrogen-bond acceptors (Lipinski definition) is 6. The molecule has 158 valence electrons. The Balaban J connectivity index is 0.000000465. The average Bonchev–Trinajstić information content (AvgIpc) is 2.95. The monoisotopic (exact) mass is 572 g/mol. The van der Waals surface area contributed by atoms with Crippen LogP contribution in [0.3, 0.4) is 0 Å². The molecule has 0 spiro atoms. The molecule has 29 heavy (non-hydrogen) atoms. The zero-order chi connectivity index (χ0) is 20.8. The van der Waals surface area contributed by atoms with Crippen molar-refractivity contribution in [2.45, 2.75) is 13.8 Å². The molecule has 2 aromatic rings. The van der Waals surface area contributed by atoms with Gasteiger partial charge in [-0.15, -0.1) is 0 Å². The Labute approximate surface area is 185 Å². The minimum atomic E-state index is -0.285. The van der Waals surface area contributed by atoms with Crippen molar-refractivity contribution in [3.63, 3.8) is 0 Å². The van der Waals surface area contributed by atoms with E-state index in [0.29, 0.717) is 30.1 Å². The quantitative estimate of drug-likeness (QED) is 0.558. The number of carbonyl (C=O) groups is 2. The van der Waals surface area contributed by atoms with Gasteiger partial charge in [0.05, 0.1) is 36.6 Å². The third-order valence-corrected chi connectivity index (χ3v) is 4.53. The molecule has 0 aliphatic carbocycles. The van der Waals surface area contributed by atoms with Gasteiger partial charge >= 0.3 is 0 Å². The fraction of sp³-hybridized carbons (Fsp3) is 0.429. The maximum atomic E-state index is 12.4. The number of methoxy groups -OCH3 is 1. The number of hydrogen-bond donors (Lipinski definition) is 1.